The molecule has 29 heavy (non-hydrogen) atoms. The van der Waals surface area contributed by atoms with E-state index in [-0.39, 0.29) is 6.30 Å². The summed E-state index contributed by atoms with van der Waals surface area (Å²) < 4.78 is 11.4. The van der Waals surface area contributed by atoms with Gasteiger partial charge in [0, 0.05) is 66.4 Å². The van der Waals surface area contributed by atoms with Gasteiger partial charge in [0.15, 0.2) is 11.5 Å². The molecule has 0 unspecified atom stereocenters. The van der Waals surface area contributed by atoms with Gasteiger partial charge in [-0.3, -0.25) is 9.67 Å². The number of fused-ring (bicyclic) bond motifs is 2. The molecule has 0 saturated carbocycles. The first-order valence-corrected chi connectivity index (χ1v) is 9.77. The van der Waals surface area contributed by atoms with Crippen LogP contribution in [-0.4, -0.2) is 41.1 Å². The quantitative estimate of drug-likeness (QED) is 0.525. The van der Waals surface area contributed by atoms with Crippen molar-refractivity contribution in [2.45, 2.75) is 40.7 Å². The summed E-state index contributed by atoms with van der Waals surface area (Å²) in [6, 6.07) is 2.24. The second kappa shape index (κ2) is 6.37. The molecule has 148 valence electrons. The van der Waals surface area contributed by atoms with Crippen molar-refractivity contribution in [3.63, 3.8) is 0 Å². The van der Waals surface area contributed by atoms with E-state index in [1.807, 2.05) is 31.8 Å². The first-order valence-electron chi connectivity index (χ1n) is 10.3. The van der Waals surface area contributed by atoms with Crippen molar-refractivity contribution in [3.05, 3.63) is 52.3 Å². The fourth-order valence-corrected chi connectivity index (χ4v) is 4.25. The summed E-state index contributed by atoms with van der Waals surface area (Å²) in [5.41, 5.74) is 9.46. The molecule has 5 rings (SSSR count). The van der Waals surface area contributed by atoms with Crippen LogP contribution in [0.2, 0.25) is 0 Å². The summed E-state index contributed by atoms with van der Waals surface area (Å²) in [5.74, 6) is 0.873. The van der Waals surface area contributed by atoms with E-state index in [4.69, 9.17) is 11.5 Å². The summed E-state index contributed by atoms with van der Waals surface area (Å²) >= 11 is 0. The maximum atomic E-state index is 7.99. The van der Waals surface area contributed by atoms with Crippen LogP contribution >= 0.6 is 0 Å². The Morgan fingerprint density at radius 3 is 2.69 bits per heavy atom. The Balaban J connectivity index is 1.56. The normalized spacial score (nSPS) is 14.4. The van der Waals surface area contributed by atoms with Crippen LogP contribution in [0.4, 0.5) is 5.82 Å². The summed E-state index contributed by atoms with van der Waals surface area (Å²) in [4.78, 5) is 7.03. The SMILES string of the molecule is [2H]c1nnc2c(C)c(C)c(N3CCc4ncc(-c5c(C)nn(C)c5C)cc4C3)nn12. The number of aryl methyl sites for hydroxylation is 3. The van der Waals surface area contributed by atoms with Crippen LogP contribution in [0.15, 0.2) is 18.6 Å². The van der Waals surface area contributed by atoms with E-state index in [1.54, 1.807) is 0 Å². The molecule has 0 aromatic carbocycles. The van der Waals surface area contributed by atoms with Crippen molar-refractivity contribution >= 4 is 11.5 Å². The van der Waals surface area contributed by atoms with Crippen LogP contribution in [0.5, 0.6) is 0 Å². The molecule has 0 fully saturated rings. The number of aromatic nitrogens is 7. The zero-order valence-electron chi connectivity index (χ0n) is 18.4. The number of hydrogen-bond acceptors (Lipinski definition) is 6. The van der Waals surface area contributed by atoms with Crippen LogP contribution in [0, 0.1) is 27.7 Å². The molecule has 1 aliphatic heterocycles. The Morgan fingerprint density at radius 2 is 1.93 bits per heavy atom. The molecule has 8 nitrogen and oxygen atoms in total. The molecular weight excluding hydrogens is 364 g/mol. The third-order valence-corrected chi connectivity index (χ3v) is 6.05. The topological polar surface area (TPSA) is 77.0 Å². The third kappa shape index (κ3) is 2.70. The Labute approximate surface area is 170 Å². The predicted molar refractivity (Wildman–Crippen MR) is 111 cm³/mol. The average Bonchev–Trinajstić information content (AvgIpc) is 3.22. The van der Waals surface area contributed by atoms with Crippen molar-refractivity contribution in [1.82, 2.24) is 34.6 Å². The molecular formula is C21H24N8. The van der Waals surface area contributed by atoms with E-state index >= 15 is 0 Å². The third-order valence-electron chi connectivity index (χ3n) is 6.05. The van der Waals surface area contributed by atoms with Crippen LogP contribution in [0.3, 0.4) is 0 Å². The minimum atomic E-state index is 0.0539. The second-order valence-electron chi connectivity index (χ2n) is 7.78. The molecule has 0 saturated heterocycles. The van der Waals surface area contributed by atoms with Crippen molar-refractivity contribution in [2.75, 3.05) is 11.4 Å². The number of anilines is 1. The smallest absolute Gasteiger partial charge is 0.180 e. The van der Waals surface area contributed by atoms with Gasteiger partial charge in [-0.25, -0.2) is 0 Å². The molecule has 1 aliphatic rings. The Bertz CT molecular complexity index is 1300. The molecule has 4 aromatic rings. The lowest BCUT2D eigenvalue weighted by molar-refractivity contribution is 0.688. The average molecular weight is 389 g/mol. The Kier molecular flexibility index (Phi) is 3.65. The molecule has 4 aromatic heterocycles. The van der Waals surface area contributed by atoms with Gasteiger partial charge in [-0.1, -0.05) is 0 Å². The van der Waals surface area contributed by atoms with Gasteiger partial charge in [-0.05, 0) is 39.3 Å². The van der Waals surface area contributed by atoms with Gasteiger partial charge in [-0.15, -0.1) is 15.3 Å². The van der Waals surface area contributed by atoms with Gasteiger partial charge in [0.25, 0.3) is 0 Å². The summed E-state index contributed by atoms with van der Waals surface area (Å²) in [6.07, 6.45) is 2.88. The summed E-state index contributed by atoms with van der Waals surface area (Å²) in [6.45, 7) is 9.75. The van der Waals surface area contributed by atoms with Gasteiger partial charge in [0.1, 0.15) is 7.67 Å². The van der Waals surface area contributed by atoms with Crippen molar-refractivity contribution in [1.29, 1.82) is 0 Å². The summed E-state index contributed by atoms with van der Waals surface area (Å²) in [5, 5.41) is 17.2. The standard InChI is InChI=1S/C21H24N8/c1-12-13(2)21(26-29-11-23-24-20(12)29)28-7-6-18-17(10-28)8-16(9-22-18)19-14(3)25-27(5)15(19)4/h8-9,11H,6-7,10H2,1-5H3/i11D. The minimum absolute atomic E-state index is 0.0539. The van der Waals surface area contributed by atoms with Gasteiger partial charge in [0.2, 0.25) is 0 Å². The monoisotopic (exact) mass is 389 g/mol. The van der Waals surface area contributed by atoms with Crippen molar-refractivity contribution in [3.8, 4) is 11.1 Å². The van der Waals surface area contributed by atoms with E-state index in [2.05, 4.69) is 40.1 Å². The van der Waals surface area contributed by atoms with Crippen LogP contribution in [-0.2, 0) is 20.0 Å². The van der Waals surface area contributed by atoms with Gasteiger partial charge in [-0.2, -0.15) is 9.61 Å². The Hall–Kier alpha value is -3.29. The molecule has 0 radical (unpaired) electrons. The first kappa shape index (κ1) is 16.6. The lowest BCUT2D eigenvalue weighted by Gasteiger charge is -2.30. The molecule has 0 spiro atoms. The molecule has 5 heterocycles. The van der Waals surface area contributed by atoms with E-state index in [1.165, 1.54) is 10.1 Å². The molecule has 0 aliphatic carbocycles. The summed E-state index contributed by atoms with van der Waals surface area (Å²) in [7, 11) is 1.97. The fraction of sp³-hybridized carbons (Fsp3) is 0.381. The second-order valence-corrected chi connectivity index (χ2v) is 7.78. The lowest BCUT2D eigenvalue weighted by atomic mass is 9.99. The van der Waals surface area contributed by atoms with E-state index in [9.17, 15) is 0 Å². The Morgan fingerprint density at radius 1 is 1.10 bits per heavy atom. The highest BCUT2D eigenvalue weighted by Gasteiger charge is 2.23. The molecule has 0 bridgehead atoms. The number of pyridine rings is 1. The van der Waals surface area contributed by atoms with Gasteiger partial charge >= 0.3 is 0 Å². The number of nitrogens with zero attached hydrogens (tertiary/aromatic N) is 8. The highest BCUT2D eigenvalue weighted by molar-refractivity contribution is 5.69. The molecule has 0 atom stereocenters. The van der Waals surface area contributed by atoms with Crippen molar-refractivity contribution in [2.24, 2.45) is 7.05 Å². The molecule has 0 N–H and O–H groups in total. The van der Waals surface area contributed by atoms with E-state index in [0.717, 1.165) is 64.7 Å². The fourth-order valence-electron chi connectivity index (χ4n) is 4.25. The highest BCUT2D eigenvalue weighted by atomic mass is 15.4. The number of rotatable bonds is 2. The van der Waals surface area contributed by atoms with Crippen LogP contribution in [0.1, 0.15) is 35.1 Å². The minimum Gasteiger partial charge on any atom is -0.350 e. The maximum absolute atomic E-state index is 7.99. The zero-order chi connectivity index (χ0) is 21.2. The van der Waals surface area contributed by atoms with Crippen LogP contribution in [0.25, 0.3) is 16.8 Å². The van der Waals surface area contributed by atoms with Gasteiger partial charge < -0.3 is 4.90 Å². The predicted octanol–water partition coefficient (Wildman–Crippen LogP) is 2.72. The maximum Gasteiger partial charge on any atom is 0.180 e. The van der Waals surface area contributed by atoms with E-state index in [0.29, 0.717) is 5.65 Å². The lowest BCUT2D eigenvalue weighted by Crippen LogP contribution is -2.32. The highest BCUT2D eigenvalue weighted by Crippen LogP contribution is 2.31. The van der Waals surface area contributed by atoms with Crippen LogP contribution < -0.4 is 4.90 Å². The van der Waals surface area contributed by atoms with Crippen molar-refractivity contribution < 1.29 is 1.37 Å². The van der Waals surface area contributed by atoms with E-state index < -0.39 is 0 Å². The molecule has 0 amide bonds. The largest absolute Gasteiger partial charge is 0.350 e. The molecule has 8 heteroatoms. The van der Waals surface area contributed by atoms with Gasteiger partial charge in [0.05, 0.1) is 5.69 Å². The number of hydrogen-bond donors (Lipinski definition) is 0. The first-order chi connectivity index (χ1) is 14.3. The zero-order valence-corrected chi connectivity index (χ0v) is 17.4.